The monoisotopic (exact) mass is 1670 g/mol. The molecule has 0 saturated carbocycles. The highest BCUT2D eigenvalue weighted by Crippen LogP contribution is 2.46. The molecule has 0 fully saturated rings. The minimum Gasteiger partial charge on any atom is -0.507 e. The highest BCUT2D eigenvalue weighted by molar-refractivity contribution is 5.71. The quantitative estimate of drug-likeness (QED) is 0.0140. The van der Waals surface area contributed by atoms with E-state index in [1.54, 1.807) is 71.1 Å². The summed E-state index contributed by atoms with van der Waals surface area (Å²) < 4.78 is 84.6. The van der Waals surface area contributed by atoms with Gasteiger partial charge < -0.3 is 86.4 Å². The summed E-state index contributed by atoms with van der Waals surface area (Å²) in [5.41, 5.74) is 17.7. The molecule has 121 heavy (non-hydrogen) atoms. The van der Waals surface area contributed by atoms with E-state index < -0.39 is 10.8 Å². The molecule has 0 aromatic heterocycles. The molecule has 0 aliphatic rings. The van der Waals surface area contributed by atoms with Crippen LogP contribution in [0.3, 0.4) is 0 Å². The van der Waals surface area contributed by atoms with Crippen LogP contribution in [-0.4, -0.2) is 119 Å². The Labute approximate surface area is 723 Å². The Hall–Kier alpha value is -9.35. The first kappa shape index (κ1) is 102. The highest BCUT2D eigenvalue weighted by Gasteiger charge is 2.36. The fraction of sp³-hybridized carbons (Fsp3) is 0.461. The first-order valence-corrected chi connectivity index (χ1v) is 41.0. The van der Waals surface area contributed by atoms with Crippen molar-refractivity contribution in [1.82, 2.24) is 0 Å². The topological polar surface area (TPSA) is 216 Å². The summed E-state index contributed by atoms with van der Waals surface area (Å²) in [5, 5.41) is 32.7. The van der Waals surface area contributed by atoms with E-state index >= 15 is 0 Å². The van der Waals surface area contributed by atoms with Gasteiger partial charge in [-0.1, -0.05) is 138 Å². The van der Waals surface area contributed by atoms with E-state index in [4.69, 9.17) is 71.1 Å². The van der Waals surface area contributed by atoms with Crippen LogP contribution in [0.5, 0.6) is 46.0 Å². The van der Waals surface area contributed by atoms with Crippen LogP contribution >= 0.6 is 0 Å². The molecule has 0 bridgehead atoms. The van der Waals surface area contributed by atoms with Gasteiger partial charge in [0.1, 0.15) is 59.2 Å². The van der Waals surface area contributed by atoms with Crippen LogP contribution in [0.2, 0.25) is 0 Å². The van der Waals surface area contributed by atoms with Crippen LogP contribution in [-0.2, 0) is 147 Å². The van der Waals surface area contributed by atoms with Crippen molar-refractivity contribution >= 4 is 5.97 Å². The van der Waals surface area contributed by atoms with Crippen LogP contribution in [0.25, 0.3) is 0 Å². The molecule has 19 heteroatoms. The molecule has 9 aromatic rings. The van der Waals surface area contributed by atoms with Crippen LogP contribution in [0.4, 0.5) is 0 Å². The SMILES string of the molecule is C.C.CCC(C)(C)c1ccc(OCCc2cc(COC)c(O)c(COC)c2)cc1.CCC(C)c1ccc(OCCOc2c(COC)cc(C(C)(c3ccc(C(C)(C)c4cc(COC)c(O)c(COC)c4)cc3)c3cc(COC)c(O)c(COC)c3)cc2COC)cc1.CCC(C)c1ccc(OCCc2cc(COC)c(OC(C)=O)c(COC)c2)cc1. The van der Waals surface area contributed by atoms with E-state index in [1.807, 2.05) is 84.9 Å². The third-order valence-electron chi connectivity index (χ3n) is 22.3. The lowest BCUT2D eigenvalue weighted by Gasteiger charge is -2.35. The minimum atomic E-state index is -0.786. The molecule has 662 valence electrons. The van der Waals surface area contributed by atoms with Crippen LogP contribution < -0.4 is 23.7 Å². The molecule has 0 saturated heterocycles. The van der Waals surface area contributed by atoms with Crippen molar-refractivity contribution in [3.8, 4) is 46.0 Å². The standard InChI is InChI=1S/C53H68O10.C24H32O5.C23H32O4.2CH4/c1-12-35(2)36-13-19-48(20-14-36)62-21-22-63-51-41(33-60-10)27-47(28-42(51)34-61-11)53(5,46-25-39(31-58-8)50(55)40(26-46)32-59-9)44-17-15-43(16-18-44)52(3,4)45-23-37(29-56-6)49(54)38(24-45)30-57-7;1-6-17(2)20-7-9-23(10-8-20)28-12-11-19-13-21(15-26-4)24(29-18(3)25)22(14-19)16-27-5;1-6-23(2,3)20-7-9-21(10-8-20)27-12-11-17-13-18(15-25-4)22(24)19(14-17)16-26-5;;/h13-20,23-28,35,54-55H,12,21-22,29-34H2,1-11H3;7-10,13-14,17H,6,11-12,15-16H2,1-5H3;7-10,13-14,24H,6,11-12,15-16H2,1-5H3;2*1H4. The van der Waals surface area contributed by atoms with Gasteiger partial charge in [0.2, 0.25) is 0 Å². The van der Waals surface area contributed by atoms with E-state index in [0.29, 0.717) is 112 Å². The van der Waals surface area contributed by atoms with Crippen molar-refractivity contribution in [1.29, 1.82) is 0 Å². The zero-order chi connectivity index (χ0) is 86.8. The van der Waals surface area contributed by atoms with E-state index in [-0.39, 0.29) is 69.9 Å². The number of carbonyl (C=O) groups is 1. The Morgan fingerprint density at radius 1 is 0.331 bits per heavy atom. The second-order valence-corrected chi connectivity index (χ2v) is 31.6. The minimum absolute atomic E-state index is 0. The largest absolute Gasteiger partial charge is 0.507 e. The molecule has 3 atom stereocenters. The summed E-state index contributed by atoms with van der Waals surface area (Å²) in [5.74, 6) is 5.01. The van der Waals surface area contributed by atoms with Gasteiger partial charge in [0.05, 0.1) is 79.3 Å². The van der Waals surface area contributed by atoms with Gasteiger partial charge in [-0.2, -0.15) is 0 Å². The average Bonchev–Trinajstić information content (AvgIpc) is 0.739. The predicted octanol–water partition coefficient (Wildman–Crippen LogP) is 21.9. The Morgan fingerprint density at radius 3 is 0.934 bits per heavy atom. The molecule has 3 unspecified atom stereocenters. The van der Waals surface area contributed by atoms with Crippen molar-refractivity contribution in [2.45, 2.75) is 217 Å². The molecule has 3 N–H and O–H groups in total. The molecule has 9 aromatic carbocycles. The van der Waals surface area contributed by atoms with Crippen molar-refractivity contribution in [2.24, 2.45) is 0 Å². The molecule has 0 aliphatic heterocycles. The van der Waals surface area contributed by atoms with Gasteiger partial charge in [0.25, 0.3) is 0 Å². The van der Waals surface area contributed by atoms with Gasteiger partial charge in [-0.3, -0.25) is 4.79 Å². The molecule has 0 radical (unpaired) electrons. The number of hydrogen-bond acceptors (Lipinski definition) is 19. The molecule has 9 rings (SSSR count). The maximum atomic E-state index is 11.5. The van der Waals surface area contributed by atoms with Gasteiger partial charge in [0.15, 0.2) is 0 Å². The first-order valence-electron chi connectivity index (χ1n) is 41.0. The van der Waals surface area contributed by atoms with Gasteiger partial charge in [-0.05, 0) is 196 Å². The number of esters is 1. The van der Waals surface area contributed by atoms with Gasteiger partial charge in [-0.25, -0.2) is 0 Å². The van der Waals surface area contributed by atoms with Gasteiger partial charge in [-0.15, -0.1) is 0 Å². The lowest BCUT2D eigenvalue weighted by molar-refractivity contribution is -0.132. The van der Waals surface area contributed by atoms with E-state index in [0.717, 1.165) is 122 Å². The summed E-state index contributed by atoms with van der Waals surface area (Å²) in [4.78, 5) is 11.5. The Balaban J connectivity index is 0.000000371. The number of methoxy groups -OCH3 is 10. The number of phenols is 3. The smallest absolute Gasteiger partial charge is 0.308 e. The fourth-order valence-electron chi connectivity index (χ4n) is 14.5. The van der Waals surface area contributed by atoms with Crippen LogP contribution in [0.15, 0.2) is 158 Å². The number of aromatic hydroxyl groups is 3. The lowest BCUT2D eigenvalue weighted by atomic mass is 9.68. The Morgan fingerprint density at radius 2 is 0.603 bits per heavy atom. The summed E-state index contributed by atoms with van der Waals surface area (Å²) in [6, 6.07) is 53.9. The molecule has 0 aliphatic carbocycles. The second kappa shape index (κ2) is 50.9. The number of carbonyl (C=O) groups excluding carboxylic acids is 1. The molecular weight excluding hydrogens is 1530 g/mol. The van der Waals surface area contributed by atoms with E-state index in [2.05, 4.69) is 142 Å². The summed E-state index contributed by atoms with van der Waals surface area (Å²) in [6.45, 7) is 28.3. The summed E-state index contributed by atoms with van der Waals surface area (Å²) in [6.07, 6.45) is 4.77. The fourth-order valence-corrected chi connectivity index (χ4v) is 14.5. The summed E-state index contributed by atoms with van der Waals surface area (Å²) >= 11 is 0. The maximum absolute atomic E-state index is 11.5. The summed E-state index contributed by atoms with van der Waals surface area (Å²) in [7, 11) is 16.3. The van der Waals surface area contributed by atoms with Crippen molar-refractivity contribution in [3.63, 3.8) is 0 Å². The highest BCUT2D eigenvalue weighted by atomic mass is 16.5. The molecule has 19 nitrogen and oxygen atoms in total. The Bertz CT molecular complexity index is 4440. The zero-order valence-corrected chi connectivity index (χ0v) is 74.5. The van der Waals surface area contributed by atoms with E-state index in [9.17, 15) is 20.1 Å². The molecule has 0 heterocycles. The third-order valence-corrected chi connectivity index (χ3v) is 22.3. The van der Waals surface area contributed by atoms with Gasteiger partial charge in [0, 0.05) is 157 Å². The van der Waals surface area contributed by atoms with Crippen LogP contribution in [0.1, 0.15) is 233 Å². The Kier molecular flexibility index (Phi) is 43.0. The normalized spacial score (nSPS) is 12.3. The number of hydrogen-bond donors (Lipinski definition) is 3. The number of phenolic OH excluding ortho intramolecular Hbond substituents is 3. The van der Waals surface area contributed by atoms with Crippen molar-refractivity contribution < 1.29 is 91.2 Å². The third kappa shape index (κ3) is 28.3. The average molecular weight is 1670 g/mol. The molecular formula is C102H140O19. The maximum Gasteiger partial charge on any atom is 0.308 e. The second-order valence-electron chi connectivity index (χ2n) is 31.6. The molecule has 0 spiro atoms. The van der Waals surface area contributed by atoms with Crippen molar-refractivity contribution in [2.75, 3.05) is 97.5 Å². The molecule has 0 amide bonds. The lowest BCUT2D eigenvalue weighted by Crippen LogP contribution is -2.27. The van der Waals surface area contributed by atoms with Gasteiger partial charge >= 0.3 is 5.97 Å². The van der Waals surface area contributed by atoms with E-state index in [1.165, 1.54) is 23.6 Å². The number of rotatable bonds is 45. The van der Waals surface area contributed by atoms with Crippen LogP contribution in [0, 0.1) is 0 Å². The predicted molar refractivity (Wildman–Crippen MR) is 483 cm³/mol. The first-order chi connectivity index (χ1) is 57.2. The zero-order valence-electron chi connectivity index (χ0n) is 74.5. The number of ether oxygens (including phenoxy) is 15. The number of benzene rings is 9. The van der Waals surface area contributed by atoms with Crippen molar-refractivity contribution in [3.05, 3.63) is 269 Å².